The van der Waals surface area contributed by atoms with Crippen molar-refractivity contribution < 1.29 is 19.7 Å². The second-order valence-electron chi connectivity index (χ2n) is 5.26. The van der Waals surface area contributed by atoms with Gasteiger partial charge in [0.2, 0.25) is 0 Å². The number of benzene rings is 1. The van der Waals surface area contributed by atoms with Crippen LogP contribution in [0.2, 0.25) is 0 Å². The molecule has 1 aromatic heterocycles. The van der Waals surface area contributed by atoms with Gasteiger partial charge in [-0.05, 0) is 0 Å². The number of nitrogens with zero attached hydrogens (tertiary/aromatic N) is 3. The Balaban J connectivity index is 1.89. The van der Waals surface area contributed by atoms with Gasteiger partial charge in [0.1, 0.15) is 30.0 Å². The van der Waals surface area contributed by atoms with Crippen LogP contribution in [0.5, 0.6) is 0 Å². The summed E-state index contributed by atoms with van der Waals surface area (Å²) in [5.74, 6) is 0. The number of aliphatic hydroxyl groups is 2. The molecule has 1 saturated heterocycles. The first-order valence-electron chi connectivity index (χ1n) is 7.15. The van der Waals surface area contributed by atoms with Crippen molar-refractivity contribution in [1.82, 2.24) is 15.0 Å². The van der Waals surface area contributed by atoms with Crippen molar-refractivity contribution in [3.63, 3.8) is 0 Å². The lowest BCUT2D eigenvalue weighted by Crippen LogP contribution is -2.52. The lowest BCUT2D eigenvalue weighted by Gasteiger charge is -2.38. The van der Waals surface area contributed by atoms with Crippen molar-refractivity contribution in [2.45, 2.75) is 24.4 Å². The quantitative estimate of drug-likeness (QED) is 0.842. The summed E-state index contributed by atoms with van der Waals surface area (Å²) in [4.78, 5) is 0. The molecule has 0 bridgehead atoms. The molecule has 4 atom stereocenters. The summed E-state index contributed by atoms with van der Waals surface area (Å²) in [6.45, 7) is 0.0261. The van der Waals surface area contributed by atoms with E-state index in [2.05, 4.69) is 10.3 Å². The fraction of sp³-hybridized carbons (Fsp3) is 0.467. The Morgan fingerprint density at radius 2 is 2.14 bits per heavy atom. The Labute approximate surface area is 128 Å². The molecule has 0 aliphatic carbocycles. The molecule has 0 saturated carbocycles. The van der Waals surface area contributed by atoms with Crippen molar-refractivity contribution >= 4 is 0 Å². The van der Waals surface area contributed by atoms with Crippen molar-refractivity contribution in [2.24, 2.45) is 0 Å². The van der Waals surface area contributed by atoms with Crippen LogP contribution in [0.25, 0.3) is 11.3 Å². The molecule has 22 heavy (non-hydrogen) atoms. The van der Waals surface area contributed by atoms with Gasteiger partial charge in [0, 0.05) is 12.7 Å². The maximum Gasteiger partial charge on any atom is 0.113 e. The van der Waals surface area contributed by atoms with Crippen LogP contribution >= 0.6 is 0 Å². The third-order valence-corrected chi connectivity index (χ3v) is 3.95. The Hall–Kier alpha value is -1.80. The minimum Gasteiger partial charge on any atom is -0.394 e. The molecule has 1 aliphatic heterocycles. The molecule has 0 radical (unpaired) electrons. The highest BCUT2D eigenvalue weighted by Crippen LogP contribution is 2.28. The summed E-state index contributed by atoms with van der Waals surface area (Å²) < 4.78 is 12.4. The zero-order chi connectivity index (χ0) is 15.5. The van der Waals surface area contributed by atoms with Crippen LogP contribution in [0.3, 0.4) is 0 Å². The highest BCUT2D eigenvalue weighted by Gasteiger charge is 2.41. The van der Waals surface area contributed by atoms with Crippen LogP contribution in [0.4, 0.5) is 0 Å². The number of aliphatic hydroxyl groups excluding tert-OH is 2. The molecule has 0 amide bonds. The van der Waals surface area contributed by atoms with Gasteiger partial charge in [0.15, 0.2) is 0 Å². The number of hydrogen-bond donors (Lipinski definition) is 2. The molecule has 1 aliphatic rings. The predicted octanol–water partition coefficient (Wildman–Crippen LogP) is 0.253. The average Bonchev–Trinajstić information content (AvgIpc) is 3.04. The molecule has 2 heterocycles. The van der Waals surface area contributed by atoms with Gasteiger partial charge in [-0.25, -0.2) is 4.68 Å². The van der Waals surface area contributed by atoms with E-state index in [0.29, 0.717) is 0 Å². The van der Waals surface area contributed by atoms with Gasteiger partial charge < -0.3 is 19.7 Å². The number of rotatable bonds is 4. The molecule has 118 valence electrons. The van der Waals surface area contributed by atoms with Crippen LogP contribution in [0.15, 0.2) is 36.5 Å². The van der Waals surface area contributed by atoms with Crippen LogP contribution in [-0.4, -0.2) is 63.8 Å². The largest absolute Gasteiger partial charge is 0.394 e. The predicted molar refractivity (Wildman–Crippen MR) is 78.1 cm³/mol. The van der Waals surface area contributed by atoms with E-state index in [9.17, 15) is 10.2 Å². The van der Waals surface area contributed by atoms with Crippen LogP contribution < -0.4 is 0 Å². The number of hydrogen-bond acceptors (Lipinski definition) is 6. The maximum atomic E-state index is 10.4. The van der Waals surface area contributed by atoms with E-state index in [4.69, 9.17) is 9.47 Å². The molecule has 2 aromatic rings. The Morgan fingerprint density at radius 3 is 2.82 bits per heavy atom. The van der Waals surface area contributed by atoms with Gasteiger partial charge in [-0.2, -0.15) is 0 Å². The number of aromatic nitrogens is 3. The van der Waals surface area contributed by atoms with E-state index in [0.717, 1.165) is 11.3 Å². The van der Waals surface area contributed by atoms with Gasteiger partial charge in [-0.3, -0.25) is 0 Å². The highest BCUT2D eigenvalue weighted by molar-refractivity contribution is 5.57. The molecule has 1 aromatic carbocycles. The maximum absolute atomic E-state index is 10.4. The molecule has 0 spiro atoms. The summed E-state index contributed by atoms with van der Waals surface area (Å²) in [5, 5.41) is 28.0. The summed E-state index contributed by atoms with van der Waals surface area (Å²) in [5.41, 5.74) is 1.66. The fourth-order valence-corrected chi connectivity index (χ4v) is 2.71. The lowest BCUT2D eigenvalue weighted by atomic mass is 9.97. The second kappa shape index (κ2) is 6.53. The Bertz CT molecular complexity index is 604. The summed E-state index contributed by atoms with van der Waals surface area (Å²) in [7, 11) is 1.56. The average molecular weight is 305 g/mol. The molecular weight excluding hydrogens is 286 g/mol. The second-order valence-corrected chi connectivity index (χ2v) is 5.26. The molecule has 2 N–H and O–H groups in total. The van der Waals surface area contributed by atoms with E-state index in [1.807, 2.05) is 30.3 Å². The first-order valence-corrected chi connectivity index (χ1v) is 7.15. The first kappa shape index (κ1) is 15.1. The summed E-state index contributed by atoms with van der Waals surface area (Å²) in [6.07, 6.45) is -0.160. The van der Waals surface area contributed by atoms with E-state index >= 15 is 0 Å². The molecule has 7 nitrogen and oxygen atoms in total. The third kappa shape index (κ3) is 2.76. The fourth-order valence-electron chi connectivity index (χ4n) is 2.71. The van der Waals surface area contributed by atoms with Gasteiger partial charge >= 0.3 is 0 Å². The standard InChI is InChI=1S/C15H19N3O4/c1-21-13-9-22-12(8-19)15(20)14(13)18-7-11(16-17-18)10-5-3-2-4-6-10/h2-7,12-15,19-20H,8-9H2,1H3/t12-,13+,14-,15+/m1/s1. The van der Waals surface area contributed by atoms with Crippen molar-refractivity contribution in [3.8, 4) is 11.3 Å². The zero-order valence-electron chi connectivity index (χ0n) is 12.2. The Morgan fingerprint density at radius 1 is 1.36 bits per heavy atom. The van der Waals surface area contributed by atoms with E-state index < -0.39 is 18.2 Å². The number of ether oxygens (including phenoxy) is 2. The van der Waals surface area contributed by atoms with Gasteiger partial charge in [-0.1, -0.05) is 35.5 Å². The van der Waals surface area contributed by atoms with E-state index in [-0.39, 0.29) is 19.3 Å². The van der Waals surface area contributed by atoms with Crippen LogP contribution in [0.1, 0.15) is 6.04 Å². The van der Waals surface area contributed by atoms with Crippen molar-refractivity contribution in [1.29, 1.82) is 0 Å². The highest BCUT2D eigenvalue weighted by atomic mass is 16.6. The minimum absolute atomic E-state index is 0.256. The normalized spacial score (nSPS) is 28.7. The van der Waals surface area contributed by atoms with Crippen LogP contribution in [0, 0.1) is 0 Å². The topological polar surface area (TPSA) is 89.6 Å². The minimum atomic E-state index is -0.922. The summed E-state index contributed by atoms with van der Waals surface area (Å²) >= 11 is 0. The molecule has 1 fully saturated rings. The monoisotopic (exact) mass is 305 g/mol. The molecule has 3 rings (SSSR count). The van der Waals surface area contributed by atoms with E-state index in [1.165, 1.54) is 0 Å². The molecular formula is C15H19N3O4. The van der Waals surface area contributed by atoms with E-state index in [1.54, 1.807) is 18.0 Å². The number of methoxy groups -OCH3 is 1. The van der Waals surface area contributed by atoms with Gasteiger partial charge in [-0.15, -0.1) is 5.10 Å². The van der Waals surface area contributed by atoms with Crippen LogP contribution in [-0.2, 0) is 9.47 Å². The summed E-state index contributed by atoms with van der Waals surface area (Å²) in [6, 6.07) is 9.22. The lowest BCUT2D eigenvalue weighted by molar-refractivity contribution is -0.174. The first-order chi connectivity index (χ1) is 10.7. The van der Waals surface area contributed by atoms with Gasteiger partial charge in [0.05, 0.1) is 19.4 Å². The molecule has 0 unspecified atom stereocenters. The third-order valence-electron chi connectivity index (χ3n) is 3.95. The smallest absolute Gasteiger partial charge is 0.113 e. The van der Waals surface area contributed by atoms with Crippen molar-refractivity contribution in [2.75, 3.05) is 20.3 Å². The Kier molecular flexibility index (Phi) is 4.49. The van der Waals surface area contributed by atoms with Crippen molar-refractivity contribution in [3.05, 3.63) is 36.5 Å². The SMILES string of the molecule is CO[C@H]1CO[C@H](CO)[C@H](O)[C@@H]1n1cc(-c2ccccc2)nn1. The van der Waals surface area contributed by atoms with Gasteiger partial charge in [0.25, 0.3) is 0 Å². The zero-order valence-corrected chi connectivity index (χ0v) is 12.2. The molecule has 7 heteroatoms.